The van der Waals surface area contributed by atoms with Gasteiger partial charge in [0, 0.05) is 12.7 Å². The van der Waals surface area contributed by atoms with Crippen molar-refractivity contribution >= 4 is 34.8 Å². The number of thioether (sulfide) groups is 1. The summed E-state index contributed by atoms with van der Waals surface area (Å²) in [5.41, 5.74) is 6.44. The van der Waals surface area contributed by atoms with E-state index in [9.17, 15) is 0 Å². The smallest absolute Gasteiger partial charge is 0.136 e. The van der Waals surface area contributed by atoms with Crippen molar-refractivity contribution in [2.45, 2.75) is 6.92 Å². The fraction of sp³-hybridized carbons (Fsp3) is 0.455. The number of thiocarbonyl (C=S) groups is 1. The summed E-state index contributed by atoms with van der Waals surface area (Å²) in [4.78, 5) is 4.63. The Morgan fingerprint density at radius 3 is 3.06 bits per heavy atom. The first-order chi connectivity index (χ1) is 7.65. The van der Waals surface area contributed by atoms with Gasteiger partial charge in [0.1, 0.15) is 10.8 Å². The van der Waals surface area contributed by atoms with E-state index in [1.165, 1.54) is 0 Å². The molecule has 0 aliphatic heterocycles. The van der Waals surface area contributed by atoms with Gasteiger partial charge in [-0.1, -0.05) is 19.1 Å². The second kappa shape index (κ2) is 6.70. The molecule has 0 radical (unpaired) electrons. The van der Waals surface area contributed by atoms with E-state index in [1.54, 1.807) is 6.20 Å². The third kappa shape index (κ3) is 3.98. The maximum Gasteiger partial charge on any atom is 0.136 e. The fourth-order valence-electron chi connectivity index (χ4n) is 1.36. The van der Waals surface area contributed by atoms with E-state index in [2.05, 4.69) is 23.5 Å². The van der Waals surface area contributed by atoms with Crippen molar-refractivity contribution < 1.29 is 0 Å². The van der Waals surface area contributed by atoms with Gasteiger partial charge in [-0.2, -0.15) is 11.8 Å². The SMILES string of the molecule is CSCC(C)CNc1ncccc1C(N)=S. The molecule has 0 amide bonds. The Morgan fingerprint density at radius 1 is 1.69 bits per heavy atom. The lowest BCUT2D eigenvalue weighted by Crippen LogP contribution is -2.18. The van der Waals surface area contributed by atoms with Gasteiger partial charge >= 0.3 is 0 Å². The molecule has 0 bridgehead atoms. The summed E-state index contributed by atoms with van der Waals surface area (Å²) in [6.07, 6.45) is 3.85. The molecule has 16 heavy (non-hydrogen) atoms. The van der Waals surface area contributed by atoms with E-state index in [0.29, 0.717) is 10.9 Å². The number of hydrogen-bond donors (Lipinski definition) is 2. The first kappa shape index (κ1) is 13.3. The average Bonchev–Trinajstić information content (AvgIpc) is 2.27. The van der Waals surface area contributed by atoms with Crippen LogP contribution in [-0.2, 0) is 0 Å². The fourth-order valence-corrected chi connectivity index (χ4v) is 2.21. The van der Waals surface area contributed by atoms with Gasteiger partial charge in [0.15, 0.2) is 0 Å². The van der Waals surface area contributed by atoms with Crippen molar-refractivity contribution in [3.05, 3.63) is 23.9 Å². The molecule has 1 aromatic rings. The molecule has 0 saturated heterocycles. The second-order valence-corrected chi connectivity index (χ2v) is 5.06. The van der Waals surface area contributed by atoms with Crippen LogP contribution in [0.4, 0.5) is 5.82 Å². The number of rotatable bonds is 6. The second-order valence-electron chi connectivity index (χ2n) is 3.71. The van der Waals surface area contributed by atoms with E-state index < -0.39 is 0 Å². The molecule has 1 aromatic heterocycles. The van der Waals surface area contributed by atoms with Crippen molar-refractivity contribution in [3.63, 3.8) is 0 Å². The van der Waals surface area contributed by atoms with Crippen molar-refractivity contribution in [2.75, 3.05) is 23.9 Å². The number of hydrogen-bond acceptors (Lipinski definition) is 4. The third-order valence-corrected chi connectivity index (χ3v) is 3.26. The molecule has 3 N–H and O–H groups in total. The normalized spacial score (nSPS) is 12.1. The van der Waals surface area contributed by atoms with E-state index in [0.717, 1.165) is 23.7 Å². The van der Waals surface area contributed by atoms with E-state index in [1.807, 2.05) is 23.9 Å². The van der Waals surface area contributed by atoms with Gasteiger partial charge in [-0.15, -0.1) is 0 Å². The molecular weight excluding hydrogens is 238 g/mol. The topological polar surface area (TPSA) is 50.9 Å². The number of pyridine rings is 1. The average molecular weight is 255 g/mol. The minimum Gasteiger partial charge on any atom is -0.389 e. The van der Waals surface area contributed by atoms with Crippen molar-refractivity contribution in [1.82, 2.24) is 4.98 Å². The van der Waals surface area contributed by atoms with Crippen molar-refractivity contribution in [2.24, 2.45) is 11.7 Å². The van der Waals surface area contributed by atoms with Crippen LogP contribution in [0, 0.1) is 5.92 Å². The Balaban J connectivity index is 2.63. The highest BCUT2D eigenvalue weighted by Crippen LogP contribution is 2.12. The molecule has 1 rings (SSSR count). The lowest BCUT2D eigenvalue weighted by Gasteiger charge is -2.13. The van der Waals surface area contributed by atoms with Gasteiger partial charge in [-0.25, -0.2) is 4.98 Å². The molecule has 0 saturated carbocycles. The van der Waals surface area contributed by atoms with Crippen LogP contribution in [0.25, 0.3) is 0 Å². The predicted octanol–water partition coefficient (Wildman–Crippen LogP) is 2.13. The van der Waals surface area contributed by atoms with Gasteiger partial charge in [0.25, 0.3) is 0 Å². The first-order valence-corrected chi connectivity index (χ1v) is 6.93. The molecule has 5 heteroatoms. The van der Waals surface area contributed by atoms with Crippen LogP contribution in [0.15, 0.2) is 18.3 Å². The quantitative estimate of drug-likeness (QED) is 0.763. The summed E-state index contributed by atoms with van der Waals surface area (Å²) in [5.74, 6) is 2.50. The van der Waals surface area contributed by atoms with E-state index in [4.69, 9.17) is 18.0 Å². The Morgan fingerprint density at radius 2 is 2.44 bits per heavy atom. The molecule has 0 fully saturated rings. The van der Waals surface area contributed by atoms with Crippen LogP contribution in [0.5, 0.6) is 0 Å². The molecule has 1 unspecified atom stereocenters. The number of aromatic nitrogens is 1. The Bertz CT molecular complexity index is 355. The monoisotopic (exact) mass is 255 g/mol. The number of anilines is 1. The Kier molecular flexibility index (Phi) is 5.55. The van der Waals surface area contributed by atoms with Crippen LogP contribution in [0.2, 0.25) is 0 Å². The molecule has 1 heterocycles. The number of nitrogens with two attached hydrogens (primary N) is 1. The molecule has 0 aromatic carbocycles. The predicted molar refractivity (Wildman–Crippen MR) is 76.2 cm³/mol. The lowest BCUT2D eigenvalue weighted by molar-refractivity contribution is 0.699. The standard InChI is InChI=1S/C11H17N3S2/c1-8(7-16-2)6-14-11-9(10(12)15)4-3-5-13-11/h3-5,8H,6-7H2,1-2H3,(H2,12,15)(H,13,14). The number of nitrogens with zero attached hydrogens (tertiary/aromatic N) is 1. The number of nitrogens with one attached hydrogen (secondary N) is 1. The van der Waals surface area contributed by atoms with Gasteiger partial charge in [0.2, 0.25) is 0 Å². The van der Waals surface area contributed by atoms with Crippen molar-refractivity contribution in [3.8, 4) is 0 Å². The van der Waals surface area contributed by atoms with Gasteiger partial charge in [0.05, 0.1) is 5.56 Å². The molecular formula is C11H17N3S2. The first-order valence-electron chi connectivity index (χ1n) is 5.12. The molecule has 3 nitrogen and oxygen atoms in total. The molecule has 0 aliphatic rings. The molecule has 0 spiro atoms. The minimum absolute atomic E-state index is 0.383. The van der Waals surface area contributed by atoms with Crippen LogP contribution >= 0.6 is 24.0 Å². The molecule has 88 valence electrons. The maximum atomic E-state index is 5.63. The summed E-state index contributed by atoms with van der Waals surface area (Å²) in [6.45, 7) is 3.08. The maximum absolute atomic E-state index is 5.63. The van der Waals surface area contributed by atoms with Gasteiger partial charge in [-0.3, -0.25) is 0 Å². The lowest BCUT2D eigenvalue weighted by atomic mass is 10.2. The summed E-state index contributed by atoms with van der Waals surface area (Å²) in [5, 5.41) is 3.29. The summed E-state index contributed by atoms with van der Waals surface area (Å²) >= 11 is 6.82. The molecule has 0 aliphatic carbocycles. The Hall–Kier alpha value is -0.810. The zero-order valence-electron chi connectivity index (χ0n) is 9.56. The highest BCUT2D eigenvalue weighted by atomic mass is 32.2. The Labute approximate surface area is 106 Å². The van der Waals surface area contributed by atoms with E-state index in [-0.39, 0.29) is 0 Å². The van der Waals surface area contributed by atoms with Crippen LogP contribution in [0.3, 0.4) is 0 Å². The third-order valence-electron chi connectivity index (χ3n) is 2.14. The van der Waals surface area contributed by atoms with Crippen LogP contribution in [-0.4, -0.2) is 28.5 Å². The highest BCUT2D eigenvalue weighted by Gasteiger charge is 2.07. The van der Waals surface area contributed by atoms with Crippen LogP contribution < -0.4 is 11.1 Å². The summed E-state index contributed by atoms with van der Waals surface area (Å²) in [6, 6.07) is 3.72. The van der Waals surface area contributed by atoms with Gasteiger partial charge in [-0.05, 0) is 30.1 Å². The largest absolute Gasteiger partial charge is 0.389 e. The van der Waals surface area contributed by atoms with Crippen molar-refractivity contribution in [1.29, 1.82) is 0 Å². The minimum atomic E-state index is 0.383. The van der Waals surface area contributed by atoms with Crippen LogP contribution in [0.1, 0.15) is 12.5 Å². The highest BCUT2D eigenvalue weighted by molar-refractivity contribution is 7.98. The van der Waals surface area contributed by atoms with Gasteiger partial charge < -0.3 is 11.1 Å². The molecule has 1 atom stereocenters. The summed E-state index contributed by atoms with van der Waals surface area (Å²) < 4.78 is 0. The zero-order valence-corrected chi connectivity index (χ0v) is 11.2. The van der Waals surface area contributed by atoms with E-state index >= 15 is 0 Å². The zero-order chi connectivity index (χ0) is 12.0. The summed E-state index contributed by atoms with van der Waals surface area (Å²) in [7, 11) is 0.